The van der Waals surface area contributed by atoms with Crippen molar-refractivity contribution in [2.24, 2.45) is 4.99 Å². The largest absolute Gasteiger partial charge is 0.251 e. The van der Waals surface area contributed by atoms with E-state index in [9.17, 15) is 0 Å². The van der Waals surface area contributed by atoms with Crippen molar-refractivity contribution in [3.05, 3.63) is 126 Å². The van der Waals surface area contributed by atoms with Crippen LogP contribution in [0.25, 0.3) is 11.1 Å². The lowest BCUT2D eigenvalue weighted by atomic mass is 9.81. The summed E-state index contributed by atoms with van der Waals surface area (Å²) in [7, 11) is 0. The van der Waals surface area contributed by atoms with Crippen molar-refractivity contribution in [3.8, 4) is 11.1 Å². The topological polar surface area (TPSA) is 12.4 Å². The van der Waals surface area contributed by atoms with Crippen LogP contribution in [0.15, 0.2) is 114 Å². The van der Waals surface area contributed by atoms with Gasteiger partial charge in [0.15, 0.2) is 0 Å². The second kappa shape index (κ2) is 6.69. The monoisotopic (exact) mass is 345 g/mol. The molecule has 1 aliphatic rings. The van der Waals surface area contributed by atoms with Gasteiger partial charge in [-0.2, -0.15) is 0 Å². The summed E-state index contributed by atoms with van der Waals surface area (Å²) < 4.78 is 0. The maximum atomic E-state index is 5.20. The number of nitrogens with zero attached hydrogens (tertiary/aromatic N) is 1. The fourth-order valence-electron chi connectivity index (χ4n) is 3.96. The zero-order chi connectivity index (χ0) is 18.1. The molecule has 0 fully saturated rings. The van der Waals surface area contributed by atoms with Gasteiger partial charge in [0.05, 0.1) is 17.3 Å². The molecule has 0 bridgehead atoms. The molecule has 0 spiro atoms. The van der Waals surface area contributed by atoms with Crippen LogP contribution in [0, 0.1) is 0 Å². The summed E-state index contributed by atoms with van der Waals surface area (Å²) in [5.41, 5.74) is 8.31. The fourth-order valence-corrected chi connectivity index (χ4v) is 3.96. The zero-order valence-corrected chi connectivity index (χ0v) is 14.9. The first-order valence-corrected chi connectivity index (χ1v) is 9.29. The van der Waals surface area contributed by atoms with Crippen LogP contribution in [0.2, 0.25) is 0 Å². The number of rotatable bonds is 2. The molecule has 0 amide bonds. The van der Waals surface area contributed by atoms with E-state index in [4.69, 9.17) is 4.99 Å². The average molecular weight is 345 g/mol. The summed E-state index contributed by atoms with van der Waals surface area (Å²) in [6, 6.07) is 38.4. The standard InChI is InChI=1S/C26H19N/c1-3-11-19(12-4-1)25-23-17-8-7-15-21(23)22-16-9-10-18-24(22)27-26(25)20-13-5-2-6-14-20/h1-18,25H/t25-/m0/s1. The Morgan fingerprint density at radius 2 is 1.11 bits per heavy atom. The van der Waals surface area contributed by atoms with Gasteiger partial charge in [0.1, 0.15) is 0 Å². The molecule has 1 heteroatoms. The van der Waals surface area contributed by atoms with Gasteiger partial charge in [-0.3, -0.25) is 4.99 Å². The van der Waals surface area contributed by atoms with Crippen LogP contribution in [-0.2, 0) is 0 Å². The highest BCUT2D eigenvalue weighted by atomic mass is 14.8. The second-order valence-corrected chi connectivity index (χ2v) is 6.81. The predicted molar refractivity (Wildman–Crippen MR) is 113 cm³/mol. The maximum absolute atomic E-state index is 5.20. The Morgan fingerprint density at radius 3 is 1.89 bits per heavy atom. The Balaban J connectivity index is 1.86. The van der Waals surface area contributed by atoms with Crippen molar-refractivity contribution in [1.82, 2.24) is 0 Å². The Morgan fingerprint density at radius 1 is 0.519 bits per heavy atom. The van der Waals surface area contributed by atoms with Gasteiger partial charge in [0.25, 0.3) is 0 Å². The smallest absolute Gasteiger partial charge is 0.0712 e. The Labute approximate surface area is 159 Å². The maximum Gasteiger partial charge on any atom is 0.0712 e. The lowest BCUT2D eigenvalue weighted by Crippen LogP contribution is -2.15. The van der Waals surface area contributed by atoms with Gasteiger partial charge >= 0.3 is 0 Å². The summed E-state index contributed by atoms with van der Waals surface area (Å²) in [4.78, 5) is 5.20. The van der Waals surface area contributed by atoms with Crippen molar-refractivity contribution >= 4 is 11.4 Å². The molecule has 1 aliphatic heterocycles. The highest BCUT2D eigenvalue weighted by Gasteiger charge is 2.28. The summed E-state index contributed by atoms with van der Waals surface area (Å²) in [5.74, 6) is 0.0946. The fraction of sp³-hybridized carbons (Fsp3) is 0.0385. The first kappa shape index (κ1) is 15.8. The van der Waals surface area contributed by atoms with Gasteiger partial charge in [0, 0.05) is 5.56 Å². The highest BCUT2D eigenvalue weighted by molar-refractivity contribution is 6.11. The van der Waals surface area contributed by atoms with E-state index in [-0.39, 0.29) is 5.92 Å². The minimum absolute atomic E-state index is 0.0946. The third-order valence-electron chi connectivity index (χ3n) is 5.18. The van der Waals surface area contributed by atoms with Gasteiger partial charge in [-0.25, -0.2) is 0 Å². The molecule has 0 unspecified atom stereocenters. The van der Waals surface area contributed by atoms with Crippen molar-refractivity contribution < 1.29 is 0 Å². The van der Waals surface area contributed by atoms with Gasteiger partial charge < -0.3 is 0 Å². The van der Waals surface area contributed by atoms with E-state index in [1.54, 1.807) is 0 Å². The lowest BCUT2D eigenvalue weighted by molar-refractivity contribution is 1.08. The quantitative estimate of drug-likeness (QED) is 0.387. The zero-order valence-electron chi connectivity index (χ0n) is 14.9. The first-order chi connectivity index (χ1) is 13.4. The van der Waals surface area contributed by atoms with E-state index in [0.29, 0.717) is 0 Å². The van der Waals surface area contributed by atoms with Crippen LogP contribution in [0.4, 0.5) is 5.69 Å². The summed E-state index contributed by atoms with van der Waals surface area (Å²) in [6.07, 6.45) is 0. The molecule has 4 aromatic rings. The van der Waals surface area contributed by atoms with Crippen molar-refractivity contribution in [2.75, 3.05) is 0 Å². The number of para-hydroxylation sites is 1. The normalized spacial score (nSPS) is 15.3. The van der Waals surface area contributed by atoms with Crippen molar-refractivity contribution in [1.29, 1.82) is 0 Å². The lowest BCUT2D eigenvalue weighted by Gasteiger charge is -2.21. The van der Waals surface area contributed by atoms with E-state index < -0.39 is 0 Å². The third-order valence-corrected chi connectivity index (χ3v) is 5.18. The number of hydrogen-bond donors (Lipinski definition) is 0. The Hall–Kier alpha value is -3.45. The van der Waals surface area contributed by atoms with Crippen LogP contribution in [0.5, 0.6) is 0 Å². The number of fused-ring (bicyclic) bond motifs is 3. The van der Waals surface area contributed by atoms with Crippen LogP contribution in [0.1, 0.15) is 22.6 Å². The molecular formula is C26H19N. The van der Waals surface area contributed by atoms with E-state index >= 15 is 0 Å². The average Bonchev–Trinajstić information content (AvgIpc) is 2.90. The molecule has 1 atom stereocenters. The molecule has 0 aromatic heterocycles. The Bertz CT molecular complexity index is 1110. The van der Waals surface area contributed by atoms with E-state index in [1.807, 2.05) is 0 Å². The molecule has 5 rings (SSSR count). The second-order valence-electron chi connectivity index (χ2n) is 6.81. The molecule has 0 saturated carbocycles. The number of hydrogen-bond acceptors (Lipinski definition) is 1. The van der Waals surface area contributed by atoms with Crippen LogP contribution in [0.3, 0.4) is 0 Å². The molecule has 128 valence electrons. The summed E-state index contributed by atoms with van der Waals surface area (Å²) >= 11 is 0. The molecule has 1 heterocycles. The Kier molecular flexibility index (Phi) is 3.91. The van der Waals surface area contributed by atoms with Crippen molar-refractivity contribution in [3.63, 3.8) is 0 Å². The van der Waals surface area contributed by atoms with Crippen LogP contribution >= 0.6 is 0 Å². The van der Waals surface area contributed by atoms with Crippen molar-refractivity contribution in [2.45, 2.75) is 5.92 Å². The third kappa shape index (κ3) is 2.78. The molecule has 27 heavy (non-hydrogen) atoms. The van der Waals surface area contributed by atoms with Crippen LogP contribution in [-0.4, -0.2) is 5.71 Å². The van der Waals surface area contributed by atoms with Gasteiger partial charge in [-0.15, -0.1) is 0 Å². The predicted octanol–water partition coefficient (Wildman–Crippen LogP) is 6.62. The molecular weight excluding hydrogens is 326 g/mol. The number of aliphatic imine (C=N–C) groups is 1. The highest BCUT2D eigenvalue weighted by Crippen LogP contribution is 2.43. The molecule has 0 radical (unpaired) electrons. The first-order valence-electron chi connectivity index (χ1n) is 9.29. The molecule has 0 N–H and O–H groups in total. The molecule has 0 saturated heterocycles. The SMILES string of the molecule is c1ccc(C2=Nc3ccccc3-c3ccccc3[C@@H]2c2ccccc2)cc1. The van der Waals surface area contributed by atoms with E-state index in [0.717, 1.165) is 17.0 Å². The molecule has 4 aromatic carbocycles. The molecule has 1 nitrogen and oxygen atoms in total. The van der Waals surface area contributed by atoms with Gasteiger partial charge in [-0.05, 0) is 28.3 Å². The number of benzene rings is 4. The summed E-state index contributed by atoms with van der Waals surface area (Å²) in [6.45, 7) is 0. The molecule has 0 aliphatic carbocycles. The van der Waals surface area contributed by atoms with Gasteiger partial charge in [-0.1, -0.05) is 103 Å². The van der Waals surface area contributed by atoms with E-state index in [1.165, 1.54) is 22.3 Å². The van der Waals surface area contributed by atoms with E-state index in [2.05, 4.69) is 109 Å². The van der Waals surface area contributed by atoms with Gasteiger partial charge in [0.2, 0.25) is 0 Å². The minimum atomic E-state index is 0.0946. The minimum Gasteiger partial charge on any atom is -0.251 e. The van der Waals surface area contributed by atoms with Crippen LogP contribution < -0.4 is 0 Å². The summed E-state index contributed by atoms with van der Waals surface area (Å²) in [5, 5.41) is 0.